The highest BCUT2D eigenvalue weighted by Gasteiger charge is 2.17. The number of para-hydroxylation sites is 1. The number of anilines is 1. The molecule has 0 radical (unpaired) electrons. The lowest BCUT2D eigenvalue weighted by atomic mass is 10.1. The summed E-state index contributed by atoms with van der Waals surface area (Å²) in [6, 6.07) is 8.61. The molecule has 1 aliphatic heterocycles. The van der Waals surface area contributed by atoms with Crippen LogP contribution in [0.25, 0.3) is 11.0 Å². The molecule has 3 aromatic rings. The summed E-state index contributed by atoms with van der Waals surface area (Å²) in [7, 11) is 0. The van der Waals surface area contributed by atoms with Crippen LogP contribution in [-0.2, 0) is 6.54 Å². The fourth-order valence-corrected chi connectivity index (χ4v) is 3.84. The summed E-state index contributed by atoms with van der Waals surface area (Å²) >= 11 is 1.33. The summed E-state index contributed by atoms with van der Waals surface area (Å²) < 4.78 is 5.20. The summed E-state index contributed by atoms with van der Waals surface area (Å²) in [4.78, 5) is 26.8. The van der Waals surface area contributed by atoms with Crippen LogP contribution in [0, 0.1) is 0 Å². The summed E-state index contributed by atoms with van der Waals surface area (Å²) in [6.07, 6.45) is 3.70. The van der Waals surface area contributed by atoms with Gasteiger partial charge in [0.05, 0.1) is 6.54 Å². The number of nitrogens with one attached hydrogen (secondary N) is 1. The first-order valence-corrected chi connectivity index (χ1v) is 9.40. The molecular weight excluding hydrogens is 352 g/mol. The Morgan fingerprint density at radius 3 is 2.85 bits per heavy atom. The highest BCUT2D eigenvalue weighted by molar-refractivity contribution is 7.15. The highest BCUT2D eigenvalue weighted by atomic mass is 32.1. The lowest BCUT2D eigenvalue weighted by Crippen LogP contribution is -2.28. The monoisotopic (exact) mass is 370 g/mol. The van der Waals surface area contributed by atoms with E-state index in [1.54, 1.807) is 18.2 Å². The SMILES string of the molecule is O=C(Nc1nnc(CN2CCCCC2)s1)c1cc2ccccc2oc1=O. The maximum atomic E-state index is 12.4. The van der Waals surface area contributed by atoms with Gasteiger partial charge in [-0.25, -0.2) is 4.79 Å². The predicted molar refractivity (Wildman–Crippen MR) is 99.5 cm³/mol. The molecule has 26 heavy (non-hydrogen) atoms. The summed E-state index contributed by atoms with van der Waals surface area (Å²) in [5, 5.41) is 12.7. The molecule has 4 rings (SSSR count). The van der Waals surface area contributed by atoms with E-state index < -0.39 is 11.5 Å². The molecule has 1 amide bonds. The molecule has 0 aliphatic carbocycles. The van der Waals surface area contributed by atoms with Crippen LogP contribution in [0.5, 0.6) is 0 Å². The van der Waals surface area contributed by atoms with Crippen molar-refractivity contribution in [1.82, 2.24) is 15.1 Å². The van der Waals surface area contributed by atoms with Crippen LogP contribution in [0.4, 0.5) is 5.13 Å². The van der Waals surface area contributed by atoms with Crippen LogP contribution >= 0.6 is 11.3 Å². The number of likely N-dealkylation sites (tertiary alicyclic amines) is 1. The lowest BCUT2D eigenvalue weighted by molar-refractivity contribution is 0.102. The molecule has 2 aromatic heterocycles. The number of hydrogen-bond acceptors (Lipinski definition) is 7. The Morgan fingerprint density at radius 1 is 1.19 bits per heavy atom. The number of carbonyl (C=O) groups excluding carboxylic acids is 1. The lowest BCUT2D eigenvalue weighted by Gasteiger charge is -2.24. The molecule has 7 nitrogen and oxygen atoms in total. The Morgan fingerprint density at radius 2 is 2.00 bits per heavy atom. The third-order valence-corrected chi connectivity index (χ3v) is 5.20. The van der Waals surface area contributed by atoms with Crippen molar-refractivity contribution in [2.75, 3.05) is 18.4 Å². The van der Waals surface area contributed by atoms with Crippen molar-refractivity contribution >= 4 is 33.3 Å². The second-order valence-electron chi connectivity index (χ2n) is 6.28. The topological polar surface area (TPSA) is 88.3 Å². The van der Waals surface area contributed by atoms with Crippen LogP contribution in [0.1, 0.15) is 34.6 Å². The van der Waals surface area contributed by atoms with Gasteiger partial charge in [0.2, 0.25) is 5.13 Å². The number of piperidine rings is 1. The second-order valence-corrected chi connectivity index (χ2v) is 7.34. The molecule has 3 heterocycles. The highest BCUT2D eigenvalue weighted by Crippen LogP contribution is 2.20. The van der Waals surface area contributed by atoms with Gasteiger partial charge in [-0.1, -0.05) is 36.0 Å². The average Bonchev–Trinajstić information content (AvgIpc) is 3.08. The van der Waals surface area contributed by atoms with E-state index in [2.05, 4.69) is 20.4 Å². The minimum atomic E-state index is -0.667. The standard InChI is InChI=1S/C18H18N4O3S/c23-16(13-10-12-6-2-3-7-14(12)25-17(13)24)19-18-21-20-15(26-18)11-22-8-4-1-5-9-22/h2-3,6-7,10H,1,4-5,8-9,11H2,(H,19,21,23). The maximum absolute atomic E-state index is 12.4. The Balaban J connectivity index is 1.48. The van der Waals surface area contributed by atoms with Crippen molar-refractivity contribution in [2.45, 2.75) is 25.8 Å². The van der Waals surface area contributed by atoms with E-state index in [0.29, 0.717) is 16.1 Å². The maximum Gasteiger partial charge on any atom is 0.349 e. The molecule has 1 aliphatic rings. The van der Waals surface area contributed by atoms with E-state index in [4.69, 9.17) is 4.42 Å². The van der Waals surface area contributed by atoms with Crippen molar-refractivity contribution in [2.24, 2.45) is 0 Å². The Bertz CT molecular complexity index is 991. The van der Waals surface area contributed by atoms with Gasteiger partial charge >= 0.3 is 5.63 Å². The van der Waals surface area contributed by atoms with Gasteiger partial charge in [-0.3, -0.25) is 15.0 Å². The van der Waals surface area contributed by atoms with Crippen molar-refractivity contribution in [3.8, 4) is 0 Å². The van der Waals surface area contributed by atoms with Gasteiger partial charge in [-0.15, -0.1) is 10.2 Å². The largest absolute Gasteiger partial charge is 0.422 e. The molecule has 1 saturated heterocycles. The van der Waals surface area contributed by atoms with Gasteiger partial charge < -0.3 is 4.42 Å². The number of benzene rings is 1. The normalized spacial score (nSPS) is 15.2. The van der Waals surface area contributed by atoms with Gasteiger partial charge in [-0.2, -0.15) is 0 Å². The molecule has 1 aromatic carbocycles. The number of hydrogen-bond donors (Lipinski definition) is 1. The van der Waals surface area contributed by atoms with E-state index in [9.17, 15) is 9.59 Å². The van der Waals surface area contributed by atoms with Gasteiger partial charge in [0, 0.05) is 5.39 Å². The average molecular weight is 370 g/mol. The number of amides is 1. The zero-order valence-corrected chi connectivity index (χ0v) is 14.9. The van der Waals surface area contributed by atoms with Crippen molar-refractivity contribution in [1.29, 1.82) is 0 Å². The first-order valence-electron chi connectivity index (χ1n) is 8.58. The van der Waals surface area contributed by atoms with Crippen LogP contribution < -0.4 is 10.9 Å². The summed E-state index contributed by atoms with van der Waals surface area (Å²) in [5.41, 5.74) is -0.260. The van der Waals surface area contributed by atoms with E-state index in [0.717, 1.165) is 24.6 Å². The van der Waals surface area contributed by atoms with Gasteiger partial charge in [0.1, 0.15) is 16.2 Å². The van der Waals surface area contributed by atoms with E-state index in [1.165, 1.54) is 36.7 Å². The third kappa shape index (κ3) is 3.66. The zero-order chi connectivity index (χ0) is 17.9. The smallest absolute Gasteiger partial charge is 0.349 e. The number of nitrogens with zero attached hydrogens (tertiary/aromatic N) is 3. The molecule has 0 spiro atoms. The number of carbonyl (C=O) groups is 1. The molecule has 134 valence electrons. The molecule has 0 bridgehead atoms. The fourth-order valence-electron chi connectivity index (χ4n) is 3.06. The minimum absolute atomic E-state index is 0.0449. The number of aromatic nitrogens is 2. The minimum Gasteiger partial charge on any atom is -0.422 e. The Labute approximate surface area is 153 Å². The molecule has 1 N–H and O–H groups in total. The van der Waals surface area contributed by atoms with Gasteiger partial charge in [0.15, 0.2) is 0 Å². The predicted octanol–water partition coefficient (Wildman–Crippen LogP) is 2.88. The quantitative estimate of drug-likeness (QED) is 0.711. The fraction of sp³-hybridized carbons (Fsp3) is 0.333. The summed E-state index contributed by atoms with van der Waals surface area (Å²) in [6.45, 7) is 2.88. The molecule has 1 fully saturated rings. The van der Waals surface area contributed by atoms with Crippen LogP contribution in [0.15, 0.2) is 39.5 Å². The first-order chi connectivity index (χ1) is 12.7. The number of fused-ring (bicyclic) bond motifs is 1. The first kappa shape index (κ1) is 16.9. The molecular formula is C18H18N4O3S. The van der Waals surface area contributed by atoms with Gasteiger partial charge in [-0.05, 0) is 38.1 Å². The number of rotatable bonds is 4. The van der Waals surface area contributed by atoms with Crippen molar-refractivity contribution in [3.05, 3.63) is 51.3 Å². The van der Waals surface area contributed by atoms with Crippen molar-refractivity contribution in [3.63, 3.8) is 0 Å². The Hall–Kier alpha value is -2.58. The van der Waals surface area contributed by atoms with E-state index >= 15 is 0 Å². The van der Waals surface area contributed by atoms with Crippen LogP contribution in [0.3, 0.4) is 0 Å². The molecule has 8 heteroatoms. The van der Waals surface area contributed by atoms with E-state index in [-0.39, 0.29) is 5.56 Å². The third-order valence-electron chi connectivity index (χ3n) is 4.38. The Kier molecular flexibility index (Phi) is 4.77. The summed E-state index contributed by atoms with van der Waals surface area (Å²) in [5.74, 6) is -0.537. The second kappa shape index (κ2) is 7.35. The molecule has 0 unspecified atom stereocenters. The van der Waals surface area contributed by atoms with Crippen molar-refractivity contribution < 1.29 is 9.21 Å². The van der Waals surface area contributed by atoms with Crippen LogP contribution in [0.2, 0.25) is 0 Å². The molecule has 0 saturated carbocycles. The zero-order valence-electron chi connectivity index (χ0n) is 14.1. The van der Waals surface area contributed by atoms with E-state index in [1.807, 2.05) is 6.07 Å². The van der Waals surface area contributed by atoms with Gasteiger partial charge in [0.25, 0.3) is 5.91 Å². The van der Waals surface area contributed by atoms with Crippen LogP contribution in [-0.4, -0.2) is 34.1 Å². The molecule has 0 atom stereocenters.